The molecule has 0 fully saturated rings. The van der Waals surface area contributed by atoms with Gasteiger partial charge in [-0.3, -0.25) is 9.59 Å². The Morgan fingerprint density at radius 2 is 1.19 bits per heavy atom. The van der Waals surface area contributed by atoms with Crippen molar-refractivity contribution < 1.29 is 49.2 Å². The van der Waals surface area contributed by atoms with Crippen molar-refractivity contribution in [2.45, 2.75) is 72.6 Å². The maximum atomic E-state index is 12.3. The summed E-state index contributed by atoms with van der Waals surface area (Å²) in [7, 11) is 7.74. The van der Waals surface area contributed by atoms with Crippen molar-refractivity contribution in [2.24, 2.45) is 11.8 Å². The molecule has 2 atom stereocenters. The summed E-state index contributed by atoms with van der Waals surface area (Å²) in [5.41, 5.74) is 1.41. The zero-order valence-corrected chi connectivity index (χ0v) is 27.5. The second-order valence-electron chi connectivity index (χ2n) is 11.4. The molecule has 0 spiro atoms. The summed E-state index contributed by atoms with van der Waals surface area (Å²) in [6.45, 7) is 11.4. The molecule has 2 rings (SSSR count). The molecule has 0 saturated heterocycles. The maximum absolute atomic E-state index is 12.3. The Hall–Kier alpha value is -2.72. The first-order chi connectivity index (χ1) is 18.7. The Bertz CT molecular complexity index is 1210. The molecule has 4 N–H and O–H groups in total. The first-order valence-electron chi connectivity index (χ1n) is 13.8. The van der Waals surface area contributed by atoms with E-state index in [4.69, 9.17) is 4.74 Å². The fourth-order valence-corrected chi connectivity index (χ4v) is 4.29. The van der Waals surface area contributed by atoms with E-state index in [1.165, 1.54) is 15.2 Å². The second kappa shape index (κ2) is 21.9. The van der Waals surface area contributed by atoms with Gasteiger partial charge >= 0.3 is 30.8 Å². The maximum Gasteiger partial charge on any atom is 1.00 e. The SMILES string of the molecule is CC(C)CC(C(=O)O)n1ccc(CN(C)C)cc1=O.CCOC(=O)C(CC(C)C)n1ccc(CN(C)C)cc1=O.O.[Li+].[OH-]. The molecule has 12 nitrogen and oxygen atoms in total. The van der Waals surface area contributed by atoms with Crippen LogP contribution in [0.2, 0.25) is 0 Å². The molecule has 43 heavy (non-hydrogen) atoms. The number of ether oxygens (including phenoxy) is 1. The molecule has 0 saturated carbocycles. The first kappa shape index (κ1) is 44.7. The summed E-state index contributed by atoms with van der Waals surface area (Å²) in [5, 5.41) is 9.25. The number of hydrogen-bond donors (Lipinski definition) is 1. The van der Waals surface area contributed by atoms with Gasteiger partial charge in [0.2, 0.25) is 0 Å². The van der Waals surface area contributed by atoms with Gasteiger partial charge in [-0.15, -0.1) is 0 Å². The van der Waals surface area contributed by atoms with Crippen molar-refractivity contribution >= 4 is 11.9 Å². The molecule has 0 bridgehead atoms. The van der Waals surface area contributed by atoms with E-state index in [9.17, 15) is 24.3 Å². The van der Waals surface area contributed by atoms with Crippen molar-refractivity contribution in [2.75, 3.05) is 34.8 Å². The average Bonchev–Trinajstić information content (AvgIpc) is 2.81. The largest absolute Gasteiger partial charge is 1.00 e. The van der Waals surface area contributed by atoms with Gasteiger partial charge in [0.25, 0.3) is 11.1 Å². The quantitative estimate of drug-likeness (QED) is 0.237. The number of esters is 1. The number of aliphatic carboxylic acids is 1. The van der Waals surface area contributed by atoms with Crippen molar-refractivity contribution in [3.63, 3.8) is 0 Å². The molecule has 2 aromatic heterocycles. The van der Waals surface area contributed by atoms with E-state index in [0.29, 0.717) is 38.5 Å². The molecule has 0 aliphatic heterocycles. The number of rotatable bonds is 13. The van der Waals surface area contributed by atoms with E-state index >= 15 is 0 Å². The van der Waals surface area contributed by atoms with Crippen LogP contribution in [0.5, 0.6) is 0 Å². The zero-order valence-electron chi connectivity index (χ0n) is 27.5. The van der Waals surface area contributed by atoms with Crippen LogP contribution in [0.4, 0.5) is 0 Å². The van der Waals surface area contributed by atoms with E-state index in [1.54, 1.807) is 31.5 Å². The number of aromatic nitrogens is 2. The molecule has 0 aliphatic carbocycles. The number of hydrogen-bond acceptors (Lipinski definition) is 8. The van der Waals surface area contributed by atoms with Crippen LogP contribution in [0, 0.1) is 11.8 Å². The van der Waals surface area contributed by atoms with Gasteiger partial charge in [0, 0.05) is 37.6 Å². The molecule has 13 heteroatoms. The van der Waals surface area contributed by atoms with Gasteiger partial charge in [0.1, 0.15) is 12.1 Å². The van der Waals surface area contributed by atoms with E-state index in [0.717, 1.165) is 11.1 Å². The van der Waals surface area contributed by atoms with E-state index in [-0.39, 0.29) is 52.8 Å². The number of carboxylic acid groups (broad SMARTS) is 1. The average molecular weight is 603 g/mol. The molecule has 0 amide bonds. The molecule has 0 radical (unpaired) electrons. The minimum absolute atomic E-state index is 0. The van der Waals surface area contributed by atoms with Crippen LogP contribution in [-0.4, -0.2) is 81.7 Å². The molecule has 0 aromatic carbocycles. The summed E-state index contributed by atoms with van der Waals surface area (Å²) >= 11 is 0. The van der Waals surface area contributed by atoms with Crippen molar-refractivity contribution in [3.8, 4) is 0 Å². The first-order valence-corrected chi connectivity index (χ1v) is 13.8. The van der Waals surface area contributed by atoms with Gasteiger partial charge in [0.05, 0.1) is 6.61 Å². The predicted molar refractivity (Wildman–Crippen MR) is 163 cm³/mol. The van der Waals surface area contributed by atoms with Gasteiger partial charge in [0.15, 0.2) is 0 Å². The molecule has 2 heterocycles. The second-order valence-corrected chi connectivity index (χ2v) is 11.4. The smallest absolute Gasteiger partial charge is 0.870 e. The minimum Gasteiger partial charge on any atom is -0.870 e. The van der Waals surface area contributed by atoms with Gasteiger partial charge in [-0.05, 0) is 83.1 Å². The van der Waals surface area contributed by atoms with Crippen LogP contribution >= 0.6 is 0 Å². The molecular weight excluding hydrogens is 551 g/mol. The van der Waals surface area contributed by atoms with Crippen LogP contribution in [0.3, 0.4) is 0 Å². The summed E-state index contributed by atoms with van der Waals surface area (Å²) in [5.74, 6) is -0.785. The van der Waals surface area contributed by atoms with E-state index in [2.05, 4.69) is 0 Å². The zero-order chi connectivity index (χ0) is 30.6. The van der Waals surface area contributed by atoms with Gasteiger partial charge < -0.3 is 39.7 Å². The fourth-order valence-electron chi connectivity index (χ4n) is 4.29. The van der Waals surface area contributed by atoms with Crippen LogP contribution < -0.4 is 30.0 Å². The van der Waals surface area contributed by atoms with Crippen molar-refractivity contribution in [1.29, 1.82) is 0 Å². The molecule has 2 aromatic rings. The van der Waals surface area contributed by atoms with Crippen LogP contribution in [-0.2, 0) is 27.4 Å². The van der Waals surface area contributed by atoms with Gasteiger partial charge in [-0.25, -0.2) is 9.59 Å². The number of carbonyl (C=O) groups excluding carboxylic acids is 1. The Balaban J connectivity index is -0.000000698. The summed E-state index contributed by atoms with van der Waals surface area (Å²) < 4.78 is 7.89. The number of nitrogens with zero attached hydrogens (tertiary/aromatic N) is 4. The Morgan fingerprint density at radius 3 is 1.49 bits per heavy atom. The van der Waals surface area contributed by atoms with Gasteiger partial charge in [-0.2, -0.15) is 0 Å². The molecule has 2 unspecified atom stereocenters. The Kier molecular flexibility index (Phi) is 22.8. The predicted octanol–water partition coefficient (Wildman–Crippen LogP) is -0.356. The summed E-state index contributed by atoms with van der Waals surface area (Å²) in [6, 6.07) is 5.45. The topological polar surface area (TPSA) is 176 Å². The van der Waals surface area contributed by atoms with Crippen LogP contribution in [0.25, 0.3) is 0 Å². The van der Waals surface area contributed by atoms with Crippen LogP contribution in [0.1, 0.15) is 70.7 Å². The van der Waals surface area contributed by atoms with E-state index in [1.807, 2.05) is 71.8 Å². The molecular formula is C30H51LiN4O8. The fraction of sp³-hybridized carbons (Fsp3) is 0.600. The third-order valence-electron chi connectivity index (χ3n) is 5.93. The Labute approximate surface area is 267 Å². The minimum atomic E-state index is -0.962. The normalized spacial score (nSPS) is 11.9. The number of carbonyl (C=O) groups is 2. The van der Waals surface area contributed by atoms with Crippen LogP contribution in [0.15, 0.2) is 46.2 Å². The third kappa shape index (κ3) is 16.1. The monoisotopic (exact) mass is 602 g/mol. The molecule has 0 aliphatic rings. The Morgan fingerprint density at radius 1 is 0.814 bits per heavy atom. The van der Waals surface area contributed by atoms with Gasteiger partial charge in [-0.1, -0.05) is 27.7 Å². The third-order valence-corrected chi connectivity index (χ3v) is 5.93. The van der Waals surface area contributed by atoms with Crippen molar-refractivity contribution in [1.82, 2.24) is 18.9 Å². The summed E-state index contributed by atoms with van der Waals surface area (Å²) in [4.78, 5) is 51.7. The number of pyridine rings is 2. The summed E-state index contributed by atoms with van der Waals surface area (Å²) in [6.07, 6.45) is 4.32. The molecule has 240 valence electrons. The van der Waals surface area contributed by atoms with E-state index < -0.39 is 18.1 Å². The standard InChI is InChI=1S/C16H26N2O3.C14H22N2O3.Li.2H2O/c1-6-21-16(20)14(9-12(2)3)18-8-7-13(10-15(18)19)11-17(4)5;1-10(2)7-12(14(18)19)16-6-5-11(8-13(16)17)9-15(3)4;;;/h7-8,10,12,14H,6,9,11H2,1-5H3;5-6,8,10,12H,7,9H2,1-4H3,(H,18,19);;2*1H2/q;;+1;;/p-1. The van der Waals surface area contributed by atoms with Crippen molar-refractivity contribution in [3.05, 3.63) is 68.5 Å². The number of carboxylic acids is 1.